The molecular formula is C21H25N5O3. The van der Waals surface area contributed by atoms with Crippen molar-refractivity contribution in [2.24, 2.45) is 0 Å². The fourth-order valence-electron chi connectivity index (χ4n) is 2.85. The number of nitrogens with zero attached hydrogens (tertiary/aromatic N) is 2. The molecule has 152 valence electrons. The van der Waals surface area contributed by atoms with Gasteiger partial charge in [-0.05, 0) is 57.0 Å². The average Bonchev–Trinajstić information content (AvgIpc) is 3.03. The van der Waals surface area contributed by atoms with Gasteiger partial charge in [0.05, 0.1) is 16.6 Å². The first-order valence-corrected chi connectivity index (χ1v) is 9.50. The number of pyridine rings is 1. The SMILES string of the molecule is Cc1noc2nc(C(C)C)cc(C(=O)Nc3ccc(NC(=O)NC(C)C)cc3)c12. The smallest absolute Gasteiger partial charge is 0.319 e. The molecule has 0 bridgehead atoms. The number of rotatable bonds is 5. The number of carbonyl (C=O) groups is 2. The highest BCUT2D eigenvalue weighted by Crippen LogP contribution is 2.26. The third-order valence-electron chi connectivity index (χ3n) is 4.29. The molecule has 29 heavy (non-hydrogen) atoms. The van der Waals surface area contributed by atoms with Crippen LogP contribution in [0.25, 0.3) is 11.1 Å². The van der Waals surface area contributed by atoms with Gasteiger partial charge in [0.2, 0.25) is 0 Å². The zero-order valence-corrected chi connectivity index (χ0v) is 17.2. The Hall–Kier alpha value is -3.42. The molecule has 0 saturated heterocycles. The summed E-state index contributed by atoms with van der Waals surface area (Å²) >= 11 is 0. The van der Waals surface area contributed by atoms with Gasteiger partial charge in [-0.25, -0.2) is 9.78 Å². The van der Waals surface area contributed by atoms with Gasteiger partial charge in [-0.15, -0.1) is 0 Å². The molecule has 8 heteroatoms. The highest BCUT2D eigenvalue weighted by Gasteiger charge is 2.20. The summed E-state index contributed by atoms with van der Waals surface area (Å²) in [6, 6.07) is 8.45. The molecule has 0 aliphatic rings. The van der Waals surface area contributed by atoms with Gasteiger partial charge in [0.25, 0.3) is 11.6 Å². The number of carbonyl (C=O) groups excluding carboxylic acids is 2. The Morgan fingerprint density at radius 2 is 1.62 bits per heavy atom. The Balaban J connectivity index is 1.80. The summed E-state index contributed by atoms with van der Waals surface area (Å²) in [5.41, 5.74) is 3.43. The largest absolute Gasteiger partial charge is 0.336 e. The lowest BCUT2D eigenvalue weighted by Gasteiger charge is -2.12. The quantitative estimate of drug-likeness (QED) is 0.592. The van der Waals surface area contributed by atoms with Crippen LogP contribution in [0.4, 0.5) is 16.2 Å². The van der Waals surface area contributed by atoms with Crippen molar-refractivity contribution in [3.05, 3.63) is 47.3 Å². The average molecular weight is 395 g/mol. The standard InChI is InChI=1S/C21H25N5O3/c1-11(2)17-10-16(18-13(5)26-29-20(18)25-17)19(27)23-14-6-8-15(9-7-14)24-21(28)22-12(3)4/h6-12H,1-5H3,(H,23,27)(H2,22,24,28). The molecular weight excluding hydrogens is 370 g/mol. The van der Waals surface area contributed by atoms with Crippen LogP contribution in [-0.2, 0) is 0 Å². The number of anilines is 2. The van der Waals surface area contributed by atoms with Crippen LogP contribution < -0.4 is 16.0 Å². The minimum absolute atomic E-state index is 0.0438. The minimum atomic E-state index is -0.278. The summed E-state index contributed by atoms with van der Waals surface area (Å²) in [4.78, 5) is 29.2. The van der Waals surface area contributed by atoms with E-state index in [1.807, 2.05) is 27.7 Å². The van der Waals surface area contributed by atoms with Gasteiger partial charge in [0, 0.05) is 23.1 Å². The van der Waals surface area contributed by atoms with Crippen molar-refractivity contribution < 1.29 is 14.1 Å². The summed E-state index contributed by atoms with van der Waals surface area (Å²) in [6.07, 6.45) is 0. The molecule has 1 aromatic carbocycles. The molecule has 0 saturated carbocycles. The van der Waals surface area contributed by atoms with E-state index in [9.17, 15) is 9.59 Å². The van der Waals surface area contributed by atoms with Crippen LogP contribution in [0, 0.1) is 6.92 Å². The van der Waals surface area contributed by atoms with Crippen molar-refractivity contribution in [1.82, 2.24) is 15.5 Å². The fourth-order valence-corrected chi connectivity index (χ4v) is 2.85. The Labute approximate surface area is 169 Å². The topological polar surface area (TPSA) is 109 Å². The monoisotopic (exact) mass is 395 g/mol. The molecule has 3 rings (SSSR count). The van der Waals surface area contributed by atoms with E-state index in [0.717, 1.165) is 5.69 Å². The van der Waals surface area contributed by atoms with Crippen molar-refractivity contribution in [3.8, 4) is 0 Å². The molecule has 8 nitrogen and oxygen atoms in total. The van der Waals surface area contributed by atoms with E-state index in [-0.39, 0.29) is 23.9 Å². The maximum atomic E-state index is 12.9. The molecule has 0 radical (unpaired) electrons. The molecule has 2 aromatic heterocycles. The van der Waals surface area contributed by atoms with Crippen molar-refractivity contribution in [2.45, 2.75) is 46.6 Å². The van der Waals surface area contributed by atoms with Gasteiger partial charge >= 0.3 is 6.03 Å². The van der Waals surface area contributed by atoms with Crippen LogP contribution in [-0.4, -0.2) is 28.1 Å². The molecule has 0 spiro atoms. The van der Waals surface area contributed by atoms with Gasteiger partial charge in [-0.1, -0.05) is 19.0 Å². The Bertz CT molecular complexity index is 1040. The lowest BCUT2D eigenvalue weighted by Crippen LogP contribution is -2.34. The zero-order chi connectivity index (χ0) is 21.1. The van der Waals surface area contributed by atoms with E-state index in [0.29, 0.717) is 33.7 Å². The molecule has 0 fully saturated rings. The summed E-state index contributed by atoms with van der Waals surface area (Å²) in [5.74, 6) is -0.137. The van der Waals surface area contributed by atoms with E-state index < -0.39 is 0 Å². The Morgan fingerprint density at radius 3 is 2.21 bits per heavy atom. The van der Waals surface area contributed by atoms with Gasteiger partial charge in [-0.2, -0.15) is 0 Å². The zero-order valence-electron chi connectivity index (χ0n) is 17.2. The Morgan fingerprint density at radius 1 is 1.00 bits per heavy atom. The van der Waals surface area contributed by atoms with Crippen LogP contribution in [0.2, 0.25) is 0 Å². The molecule has 0 unspecified atom stereocenters. The highest BCUT2D eigenvalue weighted by atomic mass is 16.5. The summed E-state index contributed by atoms with van der Waals surface area (Å²) in [5, 5.41) is 12.9. The van der Waals surface area contributed by atoms with E-state index in [1.165, 1.54) is 0 Å². The van der Waals surface area contributed by atoms with Crippen molar-refractivity contribution >= 4 is 34.4 Å². The van der Waals surface area contributed by atoms with Crippen LogP contribution in [0.5, 0.6) is 0 Å². The second-order valence-corrected chi connectivity index (χ2v) is 7.48. The molecule has 2 heterocycles. The molecule has 0 aliphatic heterocycles. The number of hydrogen-bond acceptors (Lipinski definition) is 5. The second kappa shape index (κ2) is 8.30. The molecule has 0 atom stereocenters. The van der Waals surface area contributed by atoms with Crippen molar-refractivity contribution in [2.75, 3.05) is 10.6 Å². The number of hydrogen-bond donors (Lipinski definition) is 3. The predicted molar refractivity (Wildman–Crippen MR) is 112 cm³/mol. The van der Waals surface area contributed by atoms with Crippen LogP contribution in [0.15, 0.2) is 34.9 Å². The summed E-state index contributed by atoms with van der Waals surface area (Å²) < 4.78 is 5.27. The number of amides is 3. The second-order valence-electron chi connectivity index (χ2n) is 7.48. The van der Waals surface area contributed by atoms with Crippen LogP contribution >= 0.6 is 0 Å². The number of aromatic nitrogens is 2. The first kappa shape index (κ1) is 20.3. The lowest BCUT2D eigenvalue weighted by molar-refractivity contribution is 0.102. The van der Waals surface area contributed by atoms with Gasteiger partial charge in [-0.3, -0.25) is 4.79 Å². The molecule has 3 amide bonds. The lowest BCUT2D eigenvalue weighted by atomic mass is 10.0. The van der Waals surface area contributed by atoms with Crippen LogP contribution in [0.1, 0.15) is 55.4 Å². The fraction of sp³-hybridized carbons (Fsp3) is 0.333. The van der Waals surface area contributed by atoms with Gasteiger partial charge in [0.15, 0.2) is 0 Å². The van der Waals surface area contributed by atoms with Crippen molar-refractivity contribution in [3.63, 3.8) is 0 Å². The number of aryl methyl sites for hydroxylation is 1. The molecule has 3 aromatic rings. The van der Waals surface area contributed by atoms with Gasteiger partial charge < -0.3 is 20.5 Å². The predicted octanol–water partition coefficient (Wildman–Crippen LogP) is 4.44. The summed E-state index contributed by atoms with van der Waals surface area (Å²) in [6.45, 7) is 9.55. The maximum Gasteiger partial charge on any atom is 0.319 e. The van der Waals surface area contributed by atoms with E-state index in [2.05, 4.69) is 26.1 Å². The number of urea groups is 1. The third kappa shape index (κ3) is 4.71. The number of benzene rings is 1. The van der Waals surface area contributed by atoms with Crippen LogP contribution in [0.3, 0.4) is 0 Å². The first-order chi connectivity index (χ1) is 13.7. The molecule has 0 aliphatic carbocycles. The first-order valence-electron chi connectivity index (χ1n) is 9.50. The maximum absolute atomic E-state index is 12.9. The Kier molecular flexibility index (Phi) is 5.81. The van der Waals surface area contributed by atoms with Crippen molar-refractivity contribution in [1.29, 1.82) is 0 Å². The highest BCUT2D eigenvalue weighted by molar-refractivity contribution is 6.12. The summed E-state index contributed by atoms with van der Waals surface area (Å²) in [7, 11) is 0. The number of fused-ring (bicyclic) bond motifs is 1. The minimum Gasteiger partial charge on any atom is -0.336 e. The number of nitrogens with one attached hydrogen (secondary N) is 3. The van der Waals surface area contributed by atoms with E-state index >= 15 is 0 Å². The van der Waals surface area contributed by atoms with E-state index in [4.69, 9.17) is 4.52 Å². The van der Waals surface area contributed by atoms with Gasteiger partial charge in [0.1, 0.15) is 0 Å². The molecule has 3 N–H and O–H groups in total. The van der Waals surface area contributed by atoms with E-state index in [1.54, 1.807) is 37.3 Å². The third-order valence-corrected chi connectivity index (χ3v) is 4.29. The normalized spacial score (nSPS) is 11.1.